The van der Waals surface area contributed by atoms with E-state index in [1.54, 1.807) is 23.0 Å². The lowest BCUT2D eigenvalue weighted by molar-refractivity contribution is 0.186. The molecule has 1 aliphatic carbocycles. The second-order valence-electron chi connectivity index (χ2n) is 5.79. The quantitative estimate of drug-likeness (QED) is 0.739. The van der Waals surface area contributed by atoms with E-state index in [0.29, 0.717) is 13.2 Å². The first-order valence-corrected chi connectivity index (χ1v) is 8.70. The van der Waals surface area contributed by atoms with Crippen molar-refractivity contribution in [3.8, 4) is 11.4 Å². The molecule has 0 bridgehead atoms. The van der Waals surface area contributed by atoms with Crippen molar-refractivity contribution in [2.75, 3.05) is 13.7 Å². The van der Waals surface area contributed by atoms with Crippen LogP contribution in [0.15, 0.2) is 35.1 Å². The lowest BCUT2D eigenvalue weighted by atomic mass is 10.1. The van der Waals surface area contributed by atoms with E-state index in [9.17, 15) is 4.79 Å². The van der Waals surface area contributed by atoms with Gasteiger partial charge in [0.1, 0.15) is 10.7 Å². The van der Waals surface area contributed by atoms with E-state index in [2.05, 4.69) is 0 Å². The third kappa shape index (κ3) is 2.40. The van der Waals surface area contributed by atoms with Crippen LogP contribution in [0.4, 0.5) is 0 Å². The minimum atomic E-state index is 0.0744. The van der Waals surface area contributed by atoms with E-state index in [-0.39, 0.29) is 5.56 Å². The zero-order chi connectivity index (χ0) is 15.8. The first-order valence-electron chi connectivity index (χ1n) is 7.89. The fraction of sp³-hybridized carbons (Fsp3) is 0.333. The van der Waals surface area contributed by atoms with Gasteiger partial charge in [-0.3, -0.25) is 9.36 Å². The van der Waals surface area contributed by atoms with E-state index in [0.717, 1.165) is 40.9 Å². The molecule has 0 spiro atoms. The van der Waals surface area contributed by atoms with Crippen LogP contribution < -0.4 is 5.56 Å². The van der Waals surface area contributed by atoms with Crippen LogP contribution in [0.5, 0.6) is 0 Å². The third-order valence-electron chi connectivity index (χ3n) is 4.38. The monoisotopic (exact) mass is 326 g/mol. The second kappa shape index (κ2) is 5.91. The molecule has 0 aliphatic heterocycles. The van der Waals surface area contributed by atoms with E-state index in [4.69, 9.17) is 9.72 Å². The third-order valence-corrected chi connectivity index (χ3v) is 5.56. The SMILES string of the molecule is COCCn1c(-c2ccccc2)nc2sc3c(c2c1=O)CCC3. The molecule has 0 amide bonds. The van der Waals surface area contributed by atoms with Crippen LogP contribution in [0.2, 0.25) is 0 Å². The highest BCUT2D eigenvalue weighted by Gasteiger charge is 2.23. The summed E-state index contributed by atoms with van der Waals surface area (Å²) in [6.45, 7) is 1.02. The van der Waals surface area contributed by atoms with Crippen LogP contribution in [-0.4, -0.2) is 23.3 Å². The first-order chi connectivity index (χ1) is 11.3. The molecule has 23 heavy (non-hydrogen) atoms. The predicted molar refractivity (Wildman–Crippen MR) is 93.2 cm³/mol. The summed E-state index contributed by atoms with van der Waals surface area (Å²) in [7, 11) is 1.65. The molecule has 4 rings (SSSR count). The van der Waals surface area contributed by atoms with Crippen LogP contribution in [0, 0.1) is 0 Å². The number of rotatable bonds is 4. The van der Waals surface area contributed by atoms with Crippen LogP contribution >= 0.6 is 11.3 Å². The zero-order valence-electron chi connectivity index (χ0n) is 13.0. The van der Waals surface area contributed by atoms with Gasteiger partial charge in [0.05, 0.1) is 18.5 Å². The Hall–Kier alpha value is -1.98. The summed E-state index contributed by atoms with van der Waals surface area (Å²) in [5.41, 5.74) is 2.27. The number of methoxy groups -OCH3 is 1. The maximum Gasteiger partial charge on any atom is 0.262 e. The van der Waals surface area contributed by atoms with E-state index in [1.807, 2.05) is 30.3 Å². The largest absolute Gasteiger partial charge is 0.383 e. The number of hydrogen-bond acceptors (Lipinski definition) is 4. The van der Waals surface area contributed by atoms with E-state index < -0.39 is 0 Å². The highest BCUT2D eigenvalue weighted by atomic mass is 32.1. The Morgan fingerprint density at radius 2 is 2.09 bits per heavy atom. The van der Waals surface area contributed by atoms with Gasteiger partial charge >= 0.3 is 0 Å². The average molecular weight is 326 g/mol. The fourth-order valence-electron chi connectivity index (χ4n) is 3.27. The molecule has 4 nitrogen and oxygen atoms in total. The summed E-state index contributed by atoms with van der Waals surface area (Å²) in [4.78, 5) is 20.2. The molecule has 1 aliphatic rings. The van der Waals surface area contributed by atoms with Gasteiger partial charge in [-0.1, -0.05) is 30.3 Å². The van der Waals surface area contributed by atoms with Crippen molar-refractivity contribution < 1.29 is 4.74 Å². The molecule has 0 fully saturated rings. The van der Waals surface area contributed by atoms with Gasteiger partial charge in [-0.15, -0.1) is 11.3 Å². The van der Waals surface area contributed by atoms with Crippen LogP contribution in [-0.2, 0) is 24.1 Å². The molecule has 0 atom stereocenters. The number of aryl methyl sites for hydroxylation is 2. The maximum atomic E-state index is 13.1. The van der Waals surface area contributed by atoms with E-state index in [1.165, 1.54) is 10.4 Å². The number of nitrogens with zero attached hydrogens (tertiary/aromatic N) is 2. The Bertz CT molecular complexity index is 912. The molecule has 3 aromatic rings. The Kier molecular flexibility index (Phi) is 3.75. The zero-order valence-corrected chi connectivity index (χ0v) is 13.9. The number of benzene rings is 1. The lowest BCUT2D eigenvalue weighted by Crippen LogP contribution is -2.25. The summed E-state index contributed by atoms with van der Waals surface area (Å²) in [6, 6.07) is 9.91. The molecule has 0 radical (unpaired) electrons. The van der Waals surface area contributed by atoms with Crippen molar-refractivity contribution in [2.24, 2.45) is 0 Å². The van der Waals surface area contributed by atoms with Crippen molar-refractivity contribution in [1.82, 2.24) is 9.55 Å². The Labute approximate surface area is 138 Å². The number of fused-ring (bicyclic) bond motifs is 3. The Morgan fingerprint density at radius 1 is 1.26 bits per heavy atom. The molecule has 2 aromatic heterocycles. The molecule has 2 heterocycles. The molecular weight excluding hydrogens is 308 g/mol. The van der Waals surface area contributed by atoms with Crippen molar-refractivity contribution >= 4 is 21.6 Å². The molecule has 5 heteroatoms. The molecular formula is C18H18N2O2S. The molecule has 0 saturated heterocycles. The standard InChI is InChI=1S/C18H18N2O2S/c1-22-11-10-20-16(12-6-3-2-4-7-12)19-17-15(18(20)21)13-8-5-9-14(13)23-17/h2-4,6-7H,5,8-11H2,1H3. The highest BCUT2D eigenvalue weighted by molar-refractivity contribution is 7.18. The minimum Gasteiger partial charge on any atom is -0.383 e. The van der Waals surface area contributed by atoms with Gasteiger partial charge in [0.15, 0.2) is 0 Å². The second-order valence-corrected chi connectivity index (χ2v) is 6.87. The smallest absolute Gasteiger partial charge is 0.262 e. The summed E-state index contributed by atoms with van der Waals surface area (Å²) >= 11 is 1.69. The summed E-state index contributed by atoms with van der Waals surface area (Å²) < 4.78 is 6.96. The highest BCUT2D eigenvalue weighted by Crippen LogP contribution is 2.35. The molecule has 0 saturated carbocycles. The summed E-state index contributed by atoms with van der Waals surface area (Å²) in [6.07, 6.45) is 3.23. The van der Waals surface area contributed by atoms with Crippen molar-refractivity contribution in [3.05, 3.63) is 51.1 Å². The normalized spacial score (nSPS) is 13.6. The van der Waals surface area contributed by atoms with Gasteiger partial charge < -0.3 is 4.74 Å². The van der Waals surface area contributed by atoms with Crippen LogP contribution in [0.25, 0.3) is 21.6 Å². The Balaban J connectivity index is 1.99. The van der Waals surface area contributed by atoms with Crippen molar-refractivity contribution in [2.45, 2.75) is 25.8 Å². The van der Waals surface area contributed by atoms with Gasteiger partial charge in [-0.25, -0.2) is 4.98 Å². The van der Waals surface area contributed by atoms with Gasteiger partial charge in [0.25, 0.3) is 5.56 Å². The van der Waals surface area contributed by atoms with Crippen LogP contribution in [0.3, 0.4) is 0 Å². The average Bonchev–Trinajstić information content (AvgIpc) is 3.15. The lowest BCUT2D eigenvalue weighted by Gasteiger charge is -2.12. The topological polar surface area (TPSA) is 44.1 Å². The predicted octanol–water partition coefficient (Wildman–Crippen LogP) is 3.26. The Morgan fingerprint density at radius 3 is 2.87 bits per heavy atom. The van der Waals surface area contributed by atoms with Gasteiger partial charge in [-0.05, 0) is 24.8 Å². The number of hydrogen-bond donors (Lipinski definition) is 0. The van der Waals surface area contributed by atoms with E-state index >= 15 is 0 Å². The minimum absolute atomic E-state index is 0.0744. The molecule has 1 aromatic carbocycles. The van der Waals surface area contributed by atoms with Gasteiger partial charge in [0, 0.05) is 17.6 Å². The van der Waals surface area contributed by atoms with Gasteiger partial charge in [-0.2, -0.15) is 0 Å². The number of aromatic nitrogens is 2. The summed E-state index contributed by atoms with van der Waals surface area (Å²) in [5, 5.41) is 0.832. The maximum absolute atomic E-state index is 13.1. The van der Waals surface area contributed by atoms with Crippen molar-refractivity contribution in [1.29, 1.82) is 0 Å². The van der Waals surface area contributed by atoms with Gasteiger partial charge in [0.2, 0.25) is 0 Å². The fourth-order valence-corrected chi connectivity index (χ4v) is 4.53. The number of ether oxygens (including phenoxy) is 1. The van der Waals surface area contributed by atoms with Crippen LogP contribution in [0.1, 0.15) is 16.9 Å². The molecule has 0 N–H and O–H groups in total. The molecule has 0 unspecified atom stereocenters. The first kappa shape index (κ1) is 14.6. The summed E-state index contributed by atoms with van der Waals surface area (Å²) in [5.74, 6) is 0.736. The van der Waals surface area contributed by atoms with Crippen molar-refractivity contribution in [3.63, 3.8) is 0 Å². The number of thiophene rings is 1. The molecule has 118 valence electrons.